The fraction of sp³-hybridized carbons (Fsp3) is 1.00. The summed E-state index contributed by atoms with van der Waals surface area (Å²) in [6.45, 7) is 5.21. The van der Waals surface area contributed by atoms with Crippen molar-refractivity contribution in [1.29, 1.82) is 0 Å². The van der Waals surface area contributed by atoms with Crippen LogP contribution >= 0.6 is 0 Å². The Balaban J connectivity index is 2.97. The second kappa shape index (κ2) is 8.93. The van der Waals surface area contributed by atoms with E-state index in [9.17, 15) is 5.11 Å². The lowest BCUT2D eigenvalue weighted by Gasteiger charge is -2.11. The van der Waals surface area contributed by atoms with E-state index in [0.29, 0.717) is 6.54 Å². The minimum Gasteiger partial charge on any atom is -0.379 e. The van der Waals surface area contributed by atoms with Crippen molar-refractivity contribution in [3.05, 3.63) is 0 Å². The number of nitrogens with two attached hydrogens (primary N) is 1. The Bertz CT molecular complexity index is 90.4. The van der Waals surface area contributed by atoms with Crippen molar-refractivity contribution in [2.75, 3.05) is 26.2 Å². The highest BCUT2D eigenvalue weighted by molar-refractivity contribution is 4.55. The third-order valence-electron chi connectivity index (χ3n) is 1.56. The summed E-state index contributed by atoms with van der Waals surface area (Å²) in [5, 5.41) is 15.4. The van der Waals surface area contributed by atoms with Crippen molar-refractivity contribution in [1.82, 2.24) is 10.6 Å². The van der Waals surface area contributed by atoms with E-state index in [2.05, 4.69) is 17.6 Å². The molecule has 0 heterocycles. The topological polar surface area (TPSA) is 70.3 Å². The molecular weight excluding hydrogens is 154 g/mol. The first kappa shape index (κ1) is 11.8. The number of aliphatic hydroxyl groups is 1. The Kier molecular flexibility index (Phi) is 8.81. The van der Waals surface area contributed by atoms with Gasteiger partial charge in [0.05, 0.1) is 0 Å². The monoisotopic (exact) mass is 175 g/mol. The molecule has 0 saturated carbocycles. The van der Waals surface area contributed by atoms with Gasteiger partial charge in [-0.25, -0.2) is 0 Å². The predicted octanol–water partition coefficient (Wildman–Crippen LogP) is -0.757. The van der Waals surface area contributed by atoms with Gasteiger partial charge in [0.25, 0.3) is 0 Å². The lowest BCUT2D eigenvalue weighted by molar-refractivity contribution is 0.127. The first-order valence-corrected chi connectivity index (χ1v) is 4.63. The minimum absolute atomic E-state index is 0.352. The zero-order valence-electron chi connectivity index (χ0n) is 7.84. The highest BCUT2D eigenvalue weighted by atomic mass is 16.3. The molecule has 0 spiro atoms. The summed E-state index contributed by atoms with van der Waals surface area (Å²) in [6, 6.07) is 0. The molecule has 0 rings (SSSR count). The van der Waals surface area contributed by atoms with Gasteiger partial charge >= 0.3 is 0 Å². The molecule has 0 bridgehead atoms. The predicted molar refractivity (Wildman–Crippen MR) is 50.8 cm³/mol. The molecular formula is C8H21N3O. The van der Waals surface area contributed by atoms with Crippen LogP contribution in [-0.2, 0) is 0 Å². The van der Waals surface area contributed by atoms with Gasteiger partial charge < -0.3 is 16.2 Å². The number of rotatable bonds is 8. The van der Waals surface area contributed by atoms with Gasteiger partial charge in [-0.05, 0) is 6.42 Å². The molecule has 4 nitrogen and oxygen atoms in total. The van der Waals surface area contributed by atoms with Gasteiger partial charge in [0.1, 0.15) is 6.23 Å². The van der Waals surface area contributed by atoms with E-state index in [-0.39, 0.29) is 6.23 Å². The maximum atomic E-state index is 9.24. The zero-order chi connectivity index (χ0) is 9.23. The lowest BCUT2D eigenvalue weighted by atomic mass is 10.3. The smallest absolute Gasteiger partial charge is 0.104 e. The number of hydrogen-bond donors (Lipinski definition) is 4. The number of nitrogens with one attached hydrogen (secondary N) is 2. The maximum Gasteiger partial charge on any atom is 0.104 e. The van der Waals surface area contributed by atoms with Crippen LogP contribution in [0.15, 0.2) is 0 Å². The molecule has 0 aliphatic rings. The number of hydrogen-bond acceptors (Lipinski definition) is 4. The van der Waals surface area contributed by atoms with Gasteiger partial charge in [-0.2, -0.15) is 0 Å². The Morgan fingerprint density at radius 1 is 1.33 bits per heavy atom. The van der Waals surface area contributed by atoms with Crippen molar-refractivity contribution in [3.63, 3.8) is 0 Å². The van der Waals surface area contributed by atoms with Gasteiger partial charge in [-0.15, -0.1) is 0 Å². The summed E-state index contributed by atoms with van der Waals surface area (Å²) >= 11 is 0. The van der Waals surface area contributed by atoms with E-state index in [1.165, 1.54) is 0 Å². The molecule has 0 aromatic carbocycles. The summed E-state index contributed by atoms with van der Waals surface area (Å²) in [5.74, 6) is 0. The van der Waals surface area contributed by atoms with Crippen LogP contribution in [0.2, 0.25) is 0 Å². The van der Waals surface area contributed by atoms with Crippen LogP contribution in [0.5, 0.6) is 0 Å². The van der Waals surface area contributed by atoms with Crippen LogP contribution < -0.4 is 16.4 Å². The first-order chi connectivity index (χ1) is 5.81. The van der Waals surface area contributed by atoms with Gasteiger partial charge in [0.15, 0.2) is 0 Å². The quantitative estimate of drug-likeness (QED) is 0.289. The van der Waals surface area contributed by atoms with Gasteiger partial charge in [0.2, 0.25) is 0 Å². The van der Waals surface area contributed by atoms with E-state index < -0.39 is 0 Å². The van der Waals surface area contributed by atoms with Crippen LogP contribution in [0.1, 0.15) is 19.8 Å². The van der Waals surface area contributed by atoms with Crippen LogP contribution in [0, 0.1) is 0 Å². The van der Waals surface area contributed by atoms with E-state index >= 15 is 0 Å². The summed E-state index contributed by atoms with van der Waals surface area (Å²) in [7, 11) is 0. The standard InChI is InChI=1S/C8H21N3O/c1-2-3-8(12)11-7-6-10-5-4-9/h8,10-12H,2-7,9H2,1H3. The van der Waals surface area contributed by atoms with Crippen LogP contribution in [0.4, 0.5) is 0 Å². The van der Waals surface area contributed by atoms with Crippen molar-refractivity contribution in [3.8, 4) is 0 Å². The molecule has 1 atom stereocenters. The largest absolute Gasteiger partial charge is 0.379 e. The molecule has 0 fully saturated rings. The van der Waals surface area contributed by atoms with Crippen molar-refractivity contribution >= 4 is 0 Å². The minimum atomic E-state index is -0.352. The SMILES string of the molecule is CCCC(O)NCCNCCN. The van der Waals surface area contributed by atoms with Crippen molar-refractivity contribution in [2.24, 2.45) is 5.73 Å². The lowest BCUT2D eigenvalue weighted by Crippen LogP contribution is -2.36. The molecule has 0 saturated heterocycles. The van der Waals surface area contributed by atoms with Crippen LogP contribution in [0.25, 0.3) is 0 Å². The molecule has 12 heavy (non-hydrogen) atoms. The Labute approximate surface area is 74.5 Å². The van der Waals surface area contributed by atoms with Crippen molar-refractivity contribution in [2.45, 2.75) is 26.0 Å². The summed E-state index contributed by atoms with van der Waals surface area (Å²) < 4.78 is 0. The molecule has 0 aromatic heterocycles. The second-order valence-electron chi connectivity index (χ2n) is 2.80. The molecule has 1 unspecified atom stereocenters. The van der Waals surface area contributed by atoms with Crippen LogP contribution in [-0.4, -0.2) is 37.5 Å². The molecule has 0 radical (unpaired) electrons. The fourth-order valence-corrected chi connectivity index (χ4v) is 0.930. The van der Waals surface area contributed by atoms with Gasteiger partial charge in [0, 0.05) is 26.2 Å². The fourth-order valence-electron chi connectivity index (χ4n) is 0.930. The maximum absolute atomic E-state index is 9.24. The van der Waals surface area contributed by atoms with Gasteiger partial charge in [-0.1, -0.05) is 13.3 Å². The molecule has 0 amide bonds. The third kappa shape index (κ3) is 7.94. The van der Waals surface area contributed by atoms with Gasteiger partial charge in [-0.3, -0.25) is 5.32 Å². The average Bonchev–Trinajstić information content (AvgIpc) is 2.05. The van der Waals surface area contributed by atoms with E-state index in [1.54, 1.807) is 0 Å². The normalized spacial score (nSPS) is 13.2. The summed E-state index contributed by atoms with van der Waals surface area (Å²) in [4.78, 5) is 0. The molecule has 4 heteroatoms. The Hall–Kier alpha value is -0.160. The Morgan fingerprint density at radius 3 is 2.67 bits per heavy atom. The molecule has 74 valence electrons. The molecule has 0 aliphatic heterocycles. The second-order valence-corrected chi connectivity index (χ2v) is 2.80. The highest BCUT2D eigenvalue weighted by Crippen LogP contribution is 1.90. The summed E-state index contributed by atoms with van der Waals surface area (Å²) in [6.07, 6.45) is 1.47. The number of aliphatic hydroxyl groups excluding tert-OH is 1. The first-order valence-electron chi connectivity index (χ1n) is 4.63. The van der Waals surface area contributed by atoms with Crippen molar-refractivity contribution < 1.29 is 5.11 Å². The molecule has 0 aromatic rings. The Morgan fingerprint density at radius 2 is 2.08 bits per heavy atom. The van der Waals surface area contributed by atoms with E-state index in [0.717, 1.165) is 32.5 Å². The van der Waals surface area contributed by atoms with E-state index in [4.69, 9.17) is 5.73 Å². The third-order valence-corrected chi connectivity index (χ3v) is 1.56. The van der Waals surface area contributed by atoms with Crippen LogP contribution in [0.3, 0.4) is 0 Å². The molecule has 0 aliphatic carbocycles. The van der Waals surface area contributed by atoms with E-state index in [1.807, 2.05) is 0 Å². The zero-order valence-corrected chi connectivity index (χ0v) is 7.84. The highest BCUT2D eigenvalue weighted by Gasteiger charge is 1.98. The molecule has 5 N–H and O–H groups in total. The summed E-state index contributed by atoms with van der Waals surface area (Å²) in [5.41, 5.74) is 5.29. The average molecular weight is 175 g/mol.